The quantitative estimate of drug-likeness (QED) is 0.560. The maximum atomic E-state index is 11.7. The standard InChI is InChI=1S/C14H22N2OS/c1-15-10-4-3-5-12-6-8-13(9-7-12)14(17)16-11-18-2/h6-9,15H,3-5,10-11H2,1-2H3,(H,16,17). The molecule has 2 N–H and O–H groups in total. The molecule has 18 heavy (non-hydrogen) atoms. The van der Waals surface area contributed by atoms with Gasteiger partial charge in [0.05, 0.1) is 5.88 Å². The highest BCUT2D eigenvalue weighted by Crippen LogP contribution is 2.08. The van der Waals surface area contributed by atoms with Crippen LogP contribution in [0.5, 0.6) is 0 Å². The molecule has 1 aromatic carbocycles. The van der Waals surface area contributed by atoms with E-state index in [0.717, 1.165) is 18.5 Å². The van der Waals surface area contributed by atoms with Crippen LogP contribution in [0.15, 0.2) is 24.3 Å². The molecular weight excluding hydrogens is 244 g/mol. The summed E-state index contributed by atoms with van der Waals surface area (Å²) in [5.74, 6) is 0.663. The monoisotopic (exact) mass is 266 g/mol. The molecular formula is C14H22N2OS. The molecule has 0 aromatic heterocycles. The molecule has 1 rings (SSSR count). The molecule has 0 heterocycles. The van der Waals surface area contributed by atoms with Crippen molar-refractivity contribution in [3.63, 3.8) is 0 Å². The third kappa shape index (κ3) is 5.56. The Morgan fingerprint density at radius 1 is 1.22 bits per heavy atom. The Bertz CT molecular complexity index is 351. The zero-order valence-electron chi connectivity index (χ0n) is 11.2. The summed E-state index contributed by atoms with van der Waals surface area (Å²) in [6, 6.07) is 7.91. The minimum Gasteiger partial charge on any atom is -0.343 e. The van der Waals surface area contributed by atoms with Crippen LogP contribution in [-0.2, 0) is 6.42 Å². The van der Waals surface area contributed by atoms with Crippen LogP contribution in [-0.4, -0.2) is 31.6 Å². The molecule has 0 radical (unpaired) electrons. The first-order chi connectivity index (χ1) is 8.77. The molecule has 0 aliphatic carbocycles. The fourth-order valence-electron chi connectivity index (χ4n) is 1.69. The highest BCUT2D eigenvalue weighted by molar-refractivity contribution is 7.98. The summed E-state index contributed by atoms with van der Waals surface area (Å²) in [7, 11) is 1.97. The molecule has 0 bridgehead atoms. The fraction of sp³-hybridized carbons (Fsp3) is 0.500. The minimum atomic E-state index is 0.00563. The molecule has 0 fully saturated rings. The summed E-state index contributed by atoms with van der Waals surface area (Å²) in [4.78, 5) is 11.7. The van der Waals surface area contributed by atoms with Gasteiger partial charge in [-0.3, -0.25) is 4.79 Å². The van der Waals surface area contributed by atoms with Crippen molar-refractivity contribution in [2.75, 3.05) is 25.7 Å². The van der Waals surface area contributed by atoms with Crippen LogP contribution >= 0.6 is 11.8 Å². The van der Waals surface area contributed by atoms with Gasteiger partial charge in [0.1, 0.15) is 0 Å². The summed E-state index contributed by atoms with van der Waals surface area (Å²) >= 11 is 1.61. The van der Waals surface area contributed by atoms with Crippen molar-refractivity contribution in [2.24, 2.45) is 0 Å². The van der Waals surface area contributed by atoms with Gasteiger partial charge in [0.15, 0.2) is 0 Å². The molecule has 0 aliphatic rings. The van der Waals surface area contributed by atoms with Gasteiger partial charge in [-0.2, -0.15) is 0 Å². The first-order valence-electron chi connectivity index (χ1n) is 6.28. The smallest absolute Gasteiger partial charge is 0.251 e. The van der Waals surface area contributed by atoms with Crippen molar-refractivity contribution in [1.29, 1.82) is 0 Å². The molecule has 0 spiro atoms. The number of hydrogen-bond donors (Lipinski definition) is 2. The number of aryl methyl sites for hydroxylation is 1. The molecule has 0 atom stereocenters. The summed E-state index contributed by atoms with van der Waals surface area (Å²) in [6.45, 7) is 1.06. The Morgan fingerprint density at radius 2 is 1.94 bits per heavy atom. The largest absolute Gasteiger partial charge is 0.343 e. The first-order valence-corrected chi connectivity index (χ1v) is 7.68. The van der Waals surface area contributed by atoms with E-state index in [0.29, 0.717) is 5.88 Å². The predicted octanol–water partition coefficient (Wildman–Crippen LogP) is 2.28. The van der Waals surface area contributed by atoms with Crippen molar-refractivity contribution in [1.82, 2.24) is 10.6 Å². The molecule has 100 valence electrons. The van der Waals surface area contributed by atoms with Crippen LogP contribution in [0.4, 0.5) is 0 Å². The van der Waals surface area contributed by atoms with E-state index >= 15 is 0 Å². The number of rotatable bonds is 8. The highest BCUT2D eigenvalue weighted by Gasteiger charge is 2.03. The molecule has 1 aromatic rings. The van der Waals surface area contributed by atoms with E-state index in [2.05, 4.69) is 10.6 Å². The second-order valence-electron chi connectivity index (χ2n) is 4.20. The number of amides is 1. The van der Waals surface area contributed by atoms with Crippen molar-refractivity contribution in [3.8, 4) is 0 Å². The topological polar surface area (TPSA) is 41.1 Å². The Balaban J connectivity index is 2.39. The van der Waals surface area contributed by atoms with Gasteiger partial charge in [0, 0.05) is 5.56 Å². The van der Waals surface area contributed by atoms with Gasteiger partial charge < -0.3 is 10.6 Å². The Labute approximate surface area is 114 Å². The lowest BCUT2D eigenvalue weighted by Crippen LogP contribution is -2.22. The lowest BCUT2D eigenvalue weighted by Gasteiger charge is -2.05. The van der Waals surface area contributed by atoms with E-state index < -0.39 is 0 Å². The molecule has 0 aliphatic heterocycles. The second-order valence-corrected chi connectivity index (χ2v) is 5.06. The Hall–Kier alpha value is -1.00. The van der Waals surface area contributed by atoms with E-state index in [4.69, 9.17) is 0 Å². The Kier molecular flexibility index (Phi) is 7.53. The number of carbonyl (C=O) groups excluding carboxylic acids is 1. The van der Waals surface area contributed by atoms with Crippen LogP contribution in [0.1, 0.15) is 28.8 Å². The van der Waals surface area contributed by atoms with Gasteiger partial charge >= 0.3 is 0 Å². The van der Waals surface area contributed by atoms with E-state index in [-0.39, 0.29) is 5.91 Å². The van der Waals surface area contributed by atoms with Crippen LogP contribution in [0, 0.1) is 0 Å². The third-order valence-corrected chi connectivity index (χ3v) is 3.17. The summed E-state index contributed by atoms with van der Waals surface area (Å²) in [6.07, 6.45) is 5.41. The van der Waals surface area contributed by atoms with Crippen molar-refractivity contribution in [3.05, 3.63) is 35.4 Å². The lowest BCUT2D eigenvalue weighted by atomic mass is 10.1. The number of thioether (sulfide) groups is 1. The highest BCUT2D eigenvalue weighted by atomic mass is 32.2. The van der Waals surface area contributed by atoms with Gasteiger partial charge in [-0.1, -0.05) is 12.1 Å². The fourth-order valence-corrected chi connectivity index (χ4v) is 1.97. The SMILES string of the molecule is CNCCCCc1ccc(C(=O)NCSC)cc1. The summed E-state index contributed by atoms with van der Waals surface area (Å²) in [5.41, 5.74) is 2.04. The number of unbranched alkanes of at least 4 members (excludes halogenated alkanes) is 1. The molecule has 0 unspecified atom stereocenters. The molecule has 3 nitrogen and oxygen atoms in total. The lowest BCUT2D eigenvalue weighted by molar-refractivity contribution is 0.0961. The average molecular weight is 266 g/mol. The van der Waals surface area contributed by atoms with Crippen molar-refractivity contribution >= 4 is 17.7 Å². The van der Waals surface area contributed by atoms with Crippen molar-refractivity contribution < 1.29 is 4.79 Å². The van der Waals surface area contributed by atoms with Crippen LogP contribution in [0.25, 0.3) is 0 Å². The summed E-state index contributed by atoms with van der Waals surface area (Å²) in [5, 5.41) is 5.99. The maximum absolute atomic E-state index is 11.7. The van der Waals surface area contributed by atoms with Gasteiger partial charge in [0.2, 0.25) is 0 Å². The van der Waals surface area contributed by atoms with E-state index in [1.165, 1.54) is 18.4 Å². The van der Waals surface area contributed by atoms with Crippen LogP contribution in [0.3, 0.4) is 0 Å². The van der Waals surface area contributed by atoms with Gasteiger partial charge in [-0.25, -0.2) is 0 Å². The van der Waals surface area contributed by atoms with Gasteiger partial charge in [0.25, 0.3) is 5.91 Å². The molecule has 0 saturated heterocycles. The zero-order valence-corrected chi connectivity index (χ0v) is 12.0. The van der Waals surface area contributed by atoms with Crippen LogP contribution in [0.2, 0.25) is 0 Å². The van der Waals surface area contributed by atoms with E-state index in [9.17, 15) is 4.79 Å². The Morgan fingerprint density at radius 3 is 2.56 bits per heavy atom. The summed E-state index contributed by atoms with van der Waals surface area (Å²) < 4.78 is 0. The minimum absolute atomic E-state index is 0.00563. The van der Waals surface area contributed by atoms with Crippen LogP contribution < -0.4 is 10.6 Å². The van der Waals surface area contributed by atoms with Gasteiger partial charge in [-0.15, -0.1) is 11.8 Å². The average Bonchev–Trinajstić information content (AvgIpc) is 2.41. The van der Waals surface area contributed by atoms with E-state index in [1.54, 1.807) is 11.8 Å². The molecule has 1 amide bonds. The number of nitrogens with one attached hydrogen (secondary N) is 2. The number of carbonyl (C=O) groups is 1. The number of benzene rings is 1. The predicted molar refractivity (Wildman–Crippen MR) is 79.2 cm³/mol. The second kappa shape index (κ2) is 9.00. The van der Waals surface area contributed by atoms with Crippen molar-refractivity contribution in [2.45, 2.75) is 19.3 Å². The molecule has 4 heteroatoms. The normalized spacial score (nSPS) is 10.3. The maximum Gasteiger partial charge on any atom is 0.251 e. The molecule has 0 saturated carbocycles. The zero-order chi connectivity index (χ0) is 13.2. The third-order valence-electron chi connectivity index (χ3n) is 2.74. The first kappa shape index (κ1) is 15.1. The van der Waals surface area contributed by atoms with E-state index in [1.807, 2.05) is 37.6 Å². The number of hydrogen-bond acceptors (Lipinski definition) is 3. The van der Waals surface area contributed by atoms with Gasteiger partial charge in [-0.05, 0) is 56.8 Å².